The summed E-state index contributed by atoms with van der Waals surface area (Å²) < 4.78 is 10.5. The fourth-order valence-electron chi connectivity index (χ4n) is 3.21. The van der Waals surface area contributed by atoms with Crippen molar-refractivity contribution in [1.29, 1.82) is 0 Å². The number of aromatic amines is 1. The van der Waals surface area contributed by atoms with Crippen LogP contribution in [0, 0.1) is 0 Å². The molecule has 0 saturated carbocycles. The van der Waals surface area contributed by atoms with E-state index in [1.165, 1.54) is 17.2 Å². The maximum atomic E-state index is 13.6. The Balaban J connectivity index is 1.91. The summed E-state index contributed by atoms with van der Waals surface area (Å²) in [6.45, 7) is 8.64. The highest BCUT2D eigenvalue weighted by Crippen LogP contribution is 2.31. The molecule has 32 heavy (non-hydrogen) atoms. The number of ether oxygens (including phenoxy) is 2. The fourth-order valence-corrected chi connectivity index (χ4v) is 3.21. The smallest absolute Gasteiger partial charge is 0.408 e. The van der Waals surface area contributed by atoms with Gasteiger partial charge in [-0.15, -0.1) is 10.2 Å². The number of fused-ring (bicyclic) bond motifs is 1. The SMILES string of the molecule is C=CCOC(=O)C1Cc2cccnc2N1C(=O)C(Cc1nn[nH]n1)NC(=O)OC(C)(C)C. The van der Waals surface area contributed by atoms with Crippen molar-refractivity contribution in [2.45, 2.75) is 51.3 Å². The van der Waals surface area contributed by atoms with Gasteiger partial charge in [-0.2, -0.15) is 5.21 Å². The summed E-state index contributed by atoms with van der Waals surface area (Å²) in [5, 5.41) is 16.1. The van der Waals surface area contributed by atoms with Gasteiger partial charge in [0.1, 0.15) is 30.1 Å². The lowest BCUT2D eigenvalue weighted by Crippen LogP contribution is -2.55. The van der Waals surface area contributed by atoms with Crippen molar-refractivity contribution in [1.82, 2.24) is 30.9 Å². The van der Waals surface area contributed by atoms with Crippen LogP contribution in [0.15, 0.2) is 31.0 Å². The standard InChI is InChI=1S/C20H25N7O5/c1-5-9-31-18(29)14-10-12-7-6-8-21-16(12)27(14)17(28)13(11-15-23-25-26-24-15)22-19(30)32-20(2,3)4/h5-8,13-14H,1,9-11H2,2-4H3,(H,22,30)(H,23,24,25,26). The molecule has 0 aliphatic carbocycles. The fraction of sp³-hybridized carbons (Fsp3) is 0.450. The zero-order chi connectivity index (χ0) is 23.3. The van der Waals surface area contributed by atoms with E-state index in [1.807, 2.05) is 0 Å². The Hall–Kier alpha value is -3.83. The molecule has 3 rings (SSSR count). The summed E-state index contributed by atoms with van der Waals surface area (Å²) in [7, 11) is 0. The van der Waals surface area contributed by atoms with Gasteiger partial charge in [-0.05, 0) is 32.4 Å². The molecular weight excluding hydrogens is 418 g/mol. The number of carbonyl (C=O) groups is 3. The van der Waals surface area contributed by atoms with Crippen molar-refractivity contribution < 1.29 is 23.9 Å². The number of esters is 1. The molecule has 2 unspecified atom stereocenters. The molecule has 1 aliphatic rings. The van der Waals surface area contributed by atoms with Crippen LogP contribution in [0.5, 0.6) is 0 Å². The number of H-pyrrole nitrogens is 1. The summed E-state index contributed by atoms with van der Waals surface area (Å²) in [4.78, 5) is 44.3. The first-order valence-corrected chi connectivity index (χ1v) is 9.96. The maximum Gasteiger partial charge on any atom is 0.408 e. The number of carbonyl (C=O) groups excluding carboxylic acids is 3. The van der Waals surface area contributed by atoms with Crippen LogP contribution in [0.3, 0.4) is 0 Å². The van der Waals surface area contributed by atoms with Gasteiger partial charge in [0, 0.05) is 19.0 Å². The Morgan fingerprint density at radius 1 is 1.41 bits per heavy atom. The lowest BCUT2D eigenvalue weighted by Gasteiger charge is -2.28. The van der Waals surface area contributed by atoms with Crippen molar-refractivity contribution in [2.24, 2.45) is 0 Å². The molecule has 12 heteroatoms. The number of rotatable bonds is 7. The summed E-state index contributed by atoms with van der Waals surface area (Å²) in [5.74, 6) is -0.668. The highest BCUT2D eigenvalue weighted by molar-refractivity contribution is 6.04. The highest BCUT2D eigenvalue weighted by Gasteiger charge is 2.43. The van der Waals surface area contributed by atoms with Crippen molar-refractivity contribution in [2.75, 3.05) is 11.5 Å². The third kappa shape index (κ3) is 5.45. The zero-order valence-electron chi connectivity index (χ0n) is 18.1. The second-order valence-corrected chi connectivity index (χ2v) is 8.06. The normalized spacial score (nSPS) is 16.1. The molecule has 0 aromatic carbocycles. The Kier molecular flexibility index (Phi) is 6.81. The van der Waals surface area contributed by atoms with Crippen LogP contribution in [0.4, 0.5) is 10.6 Å². The van der Waals surface area contributed by atoms with E-state index in [4.69, 9.17) is 9.47 Å². The van der Waals surface area contributed by atoms with Crippen molar-refractivity contribution in [3.05, 3.63) is 42.4 Å². The number of hydrogen-bond donors (Lipinski definition) is 2. The van der Waals surface area contributed by atoms with E-state index in [9.17, 15) is 14.4 Å². The van der Waals surface area contributed by atoms with E-state index in [1.54, 1.807) is 32.9 Å². The maximum absolute atomic E-state index is 13.6. The van der Waals surface area contributed by atoms with Gasteiger partial charge >= 0.3 is 12.1 Å². The van der Waals surface area contributed by atoms with Crippen LogP contribution in [-0.2, 0) is 31.9 Å². The molecular formula is C20H25N7O5. The summed E-state index contributed by atoms with van der Waals surface area (Å²) in [6, 6.07) is 1.40. The Labute approximate surface area is 184 Å². The first-order chi connectivity index (χ1) is 15.2. The predicted molar refractivity (Wildman–Crippen MR) is 111 cm³/mol. The molecule has 0 saturated heterocycles. The van der Waals surface area contributed by atoms with Gasteiger partial charge in [0.05, 0.1) is 0 Å². The monoisotopic (exact) mass is 443 g/mol. The number of nitrogens with one attached hydrogen (secondary N) is 2. The van der Waals surface area contributed by atoms with Gasteiger partial charge < -0.3 is 14.8 Å². The van der Waals surface area contributed by atoms with Gasteiger partial charge in [0.25, 0.3) is 5.91 Å². The van der Waals surface area contributed by atoms with E-state index in [-0.39, 0.29) is 25.3 Å². The molecule has 2 aromatic heterocycles. The zero-order valence-corrected chi connectivity index (χ0v) is 18.1. The number of tetrazole rings is 1. The number of pyridine rings is 1. The molecule has 2 atom stereocenters. The van der Waals surface area contributed by atoms with E-state index in [0.29, 0.717) is 11.4 Å². The van der Waals surface area contributed by atoms with Gasteiger partial charge in [0.15, 0.2) is 5.82 Å². The third-order valence-electron chi connectivity index (χ3n) is 4.44. The number of alkyl carbamates (subject to hydrolysis) is 1. The predicted octanol–water partition coefficient (Wildman–Crippen LogP) is 0.718. The molecule has 0 radical (unpaired) electrons. The van der Waals surface area contributed by atoms with Crippen LogP contribution >= 0.6 is 0 Å². The average molecular weight is 443 g/mol. The van der Waals surface area contributed by atoms with E-state index in [0.717, 1.165) is 0 Å². The van der Waals surface area contributed by atoms with E-state index in [2.05, 4.69) is 37.5 Å². The summed E-state index contributed by atoms with van der Waals surface area (Å²) >= 11 is 0. The van der Waals surface area contributed by atoms with Crippen LogP contribution in [0.1, 0.15) is 32.2 Å². The molecule has 3 heterocycles. The second kappa shape index (κ2) is 9.54. The van der Waals surface area contributed by atoms with Crippen LogP contribution in [0.2, 0.25) is 0 Å². The Morgan fingerprint density at radius 2 is 2.19 bits per heavy atom. The van der Waals surface area contributed by atoms with Crippen LogP contribution in [-0.4, -0.2) is 67.9 Å². The first kappa shape index (κ1) is 22.8. The van der Waals surface area contributed by atoms with Crippen LogP contribution in [0.25, 0.3) is 0 Å². The molecule has 2 amide bonds. The topological polar surface area (TPSA) is 152 Å². The minimum Gasteiger partial charge on any atom is -0.460 e. The largest absolute Gasteiger partial charge is 0.460 e. The van der Waals surface area contributed by atoms with Crippen molar-refractivity contribution >= 4 is 23.8 Å². The Morgan fingerprint density at radius 3 is 2.84 bits per heavy atom. The molecule has 12 nitrogen and oxygen atoms in total. The molecule has 2 aromatic rings. The van der Waals surface area contributed by atoms with Crippen LogP contribution < -0.4 is 10.2 Å². The van der Waals surface area contributed by atoms with Crippen molar-refractivity contribution in [3.63, 3.8) is 0 Å². The average Bonchev–Trinajstić information content (AvgIpc) is 3.37. The molecule has 170 valence electrons. The second-order valence-electron chi connectivity index (χ2n) is 8.06. The number of nitrogens with zero attached hydrogens (tertiary/aromatic N) is 5. The Bertz CT molecular complexity index is 986. The number of hydrogen-bond acceptors (Lipinski definition) is 9. The molecule has 0 spiro atoms. The summed E-state index contributed by atoms with van der Waals surface area (Å²) in [6.07, 6.45) is 2.30. The number of amides is 2. The van der Waals surface area contributed by atoms with E-state index >= 15 is 0 Å². The lowest BCUT2D eigenvalue weighted by molar-refractivity contribution is -0.145. The number of anilines is 1. The first-order valence-electron chi connectivity index (χ1n) is 9.96. The number of aromatic nitrogens is 5. The molecule has 0 fully saturated rings. The highest BCUT2D eigenvalue weighted by atomic mass is 16.6. The molecule has 0 bridgehead atoms. The minimum atomic E-state index is -1.15. The molecule has 1 aliphatic heterocycles. The minimum absolute atomic E-state index is 0.00356. The van der Waals surface area contributed by atoms with Gasteiger partial charge in [-0.3, -0.25) is 9.69 Å². The van der Waals surface area contributed by atoms with Crippen molar-refractivity contribution in [3.8, 4) is 0 Å². The third-order valence-corrected chi connectivity index (χ3v) is 4.44. The van der Waals surface area contributed by atoms with Gasteiger partial charge in [-0.1, -0.05) is 23.9 Å². The van der Waals surface area contributed by atoms with E-state index < -0.39 is 35.7 Å². The van der Waals surface area contributed by atoms with Gasteiger partial charge in [-0.25, -0.2) is 14.6 Å². The lowest BCUT2D eigenvalue weighted by atomic mass is 10.1. The quantitative estimate of drug-likeness (QED) is 0.465. The summed E-state index contributed by atoms with van der Waals surface area (Å²) in [5.41, 5.74) is -0.0696. The molecule has 2 N–H and O–H groups in total. The van der Waals surface area contributed by atoms with Gasteiger partial charge in [0.2, 0.25) is 0 Å².